The number of hydrogen-bond donors (Lipinski definition) is 2. The van der Waals surface area contributed by atoms with Crippen molar-refractivity contribution < 1.29 is 17.6 Å². The zero-order chi connectivity index (χ0) is 30.5. The number of alkyl halides is 1. The monoisotopic (exact) mass is 595 g/mol. The molecule has 5 rings (SSSR count). The molecule has 0 aliphatic heterocycles. The quantitative estimate of drug-likeness (QED) is 0.163. The van der Waals surface area contributed by atoms with Crippen LogP contribution in [-0.2, 0) is 27.9 Å². The molecule has 6 nitrogen and oxygen atoms in total. The molecule has 5 aromatic carbocycles. The lowest BCUT2D eigenvalue weighted by molar-refractivity contribution is -0.124. The van der Waals surface area contributed by atoms with Crippen molar-refractivity contribution in [2.24, 2.45) is 5.41 Å². The second-order valence-corrected chi connectivity index (χ2v) is 12.8. The Bertz CT molecular complexity index is 1770. The zero-order valence-electron chi connectivity index (χ0n) is 24.1. The fourth-order valence-corrected chi connectivity index (χ4v) is 6.08. The molecule has 0 atom stereocenters. The Morgan fingerprint density at radius 3 is 1.81 bits per heavy atom. The second-order valence-electron chi connectivity index (χ2n) is 11.1. The average Bonchev–Trinajstić information content (AvgIpc) is 3.02. The first kappa shape index (κ1) is 29.8. The Kier molecular flexibility index (Phi) is 8.78. The fraction of sp³-hybridized carbons (Fsp3) is 0.171. The van der Waals surface area contributed by atoms with Gasteiger partial charge in [0.05, 0.1) is 10.3 Å². The minimum absolute atomic E-state index is 0.160. The Morgan fingerprint density at radius 2 is 1.23 bits per heavy atom. The van der Waals surface area contributed by atoms with E-state index >= 15 is 0 Å². The number of fused-ring (bicyclic) bond motifs is 1. The van der Waals surface area contributed by atoms with E-state index in [2.05, 4.69) is 39.2 Å². The van der Waals surface area contributed by atoms with Crippen LogP contribution in [0.3, 0.4) is 0 Å². The molecular weight excluding hydrogens is 561 g/mol. The summed E-state index contributed by atoms with van der Waals surface area (Å²) in [6.45, 7) is 3.54. The maximum absolute atomic E-state index is 13.7. The highest BCUT2D eigenvalue weighted by Gasteiger charge is 2.27. The van der Waals surface area contributed by atoms with E-state index in [4.69, 9.17) is 0 Å². The minimum Gasteiger partial charge on any atom is -0.362 e. The lowest BCUT2D eigenvalue weighted by Crippen LogP contribution is -2.32. The smallest absolute Gasteiger partial charge is 0.262 e. The maximum atomic E-state index is 13.7. The van der Waals surface area contributed by atoms with Gasteiger partial charge in [-0.1, -0.05) is 84.9 Å². The Balaban J connectivity index is 1.45. The molecule has 0 aliphatic carbocycles. The number of benzene rings is 5. The van der Waals surface area contributed by atoms with Gasteiger partial charge in [-0.2, -0.15) is 0 Å². The van der Waals surface area contributed by atoms with Crippen LogP contribution in [-0.4, -0.2) is 21.0 Å². The van der Waals surface area contributed by atoms with E-state index in [0.29, 0.717) is 29.9 Å². The summed E-state index contributed by atoms with van der Waals surface area (Å²) in [5.74, 6) is -0.455. The predicted octanol–water partition coefficient (Wildman–Crippen LogP) is 7.78. The van der Waals surface area contributed by atoms with Crippen LogP contribution in [0.1, 0.15) is 25.0 Å². The number of carbonyl (C=O) groups excluding carboxylic acids is 1. The van der Waals surface area contributed by atoms with Gasteiger partial charge >= 0.3 is 0 Å². The lowest BCUT2D eigenvalue weighted by Gasteiger charge is -2.27. The summed E-state index contributed by atoms with van der Waals surface area (Å²) < 4.78 is 43.2. The topological polar surface area (TPSA) is 78.5 Å². The van der Waals surface area contributed by atoms with Crippen molar-refractivity contribution in [3.63, 3.8) is 0 Å². The number of nitrogens with zero attached hydrogens (tertiary/aromatic N) is 1. The summed E-state index contributed by atoms with van der Waals surface area (Å²) in [4.78, 5) is 14.7. The van der Waals surface area contributed by atoms with Crippen molar-refractivity contribution in [2.75, 3.05) is 21.6 Å². The van der Waals surface area contributed by atoms with Crippen molar-refractivity contribution in [2.45, 2.75) is 31.8 Å². The Hall–Kier alpha value is -4.69. The van der Waals surface area contributed by atoms with Gasteiger partial charge in [0.1, 0.15) is 6.67 Å². The van der Waals surface area contributed by atoms with Gasteiger partial charge in [-0.3, -0.25) is 9.52 Å². The molecule has 5 aromatic rings. The van der Waals surface area contributed by atoms with Crippen LogP contribution in [0.4, 0.5) is 21.5 Å². The van der Waals surface area contributed by atoms with E-state index in [-0.39, 0.29) is 4.90 Å². The molecule has 0 unspecified atom stereocenters. The minimum atomic E-state index is -3.97. The summed E-state index contributed by atoms with van der Waals surface area (Å²) in [7, 11) is -3.97. The number of halogens is 1. The Labute approximate surface area is 252 Å². The van der Waals surface area contributed by atoms with E-state index in [1.807, 2.05) is 60.7 Å². The first-order chi connectivity index (χ1) is 20.7. The van der Waals surface area contributed by atoms with Crippen LogP contribution in [0, 0.1) is 5.41 Å². The third-order valence-corrected chi connectivity index (χ3v) is 8.70. The van der Waals surface area contributed by atoms with Crippen molar-refractivity contribution >= 4 is 43.8 Å². The van der Waals surface area contributed by atoms with Crippen molar-refractivity contribution in [1.82, 2.24) is 0 Å². The highest BCUT2D eigenvalue weighted by Crippen LogP contribution is 2.34. The van der Waals surface area contributed by atoms with E-state index in [0.717, 1.165) is 22.2 Å². The normalized spacial score (nSPS) is 11.7. The SMILES string of the molecule is CC(C)(CF)C(=O)Nc1ccc(NS(=O)(=O)c2cccc3c(N(Cc4ccccc4)Cc4ccccc4)cccc23)cc1. The molecule has 0 bridgehead atoms. The molecule has 0 spiro atoms. The first-order valence-corrected chi connectivity index (χ1v) is 15.5. The van der Waals surface area contributed by atoms with Crippen molar-refractivity contribution in [1.29, 1.82) is 0 Å². The fourth-order valence-electron chi connectivity index (χ4n) is 4.80. The van der Waals surface area contributed by atoms with E-state index in [9.17, 15) is 17.6 Å². The summed E-state index contributed by atoms with van der Waals surface area (Å²) in [6.07, 6.45) is 0. The molecule has 2 N–H and O–H groups in total. The van der Waals surface area contributed by atoms with Gasteiger partial charge in [-0.05, 0) is 61.4 Å². The second kappa shape index (κ2) is 12.7. The maximum Gasteiger partial charge on any atom is 0.262 e. The van der Waals surface area contributed by atoms with Gasteiger partial charge in [-0.25, -0.2) is 12.8 Å². The number of nitrogens with one attached hydrogen (secondary N) is 2. The van der Waals surface area contributed by atoms with Gasteiger partial charge in [0.25, 0.3) is 10.0 Å². The zero-order valence-corrected chi connectivity index (χ0v) is 24.9. The van der Waals surface area contributed by atoms with Gasteiger partial charge in [0.15, 0.2) is 0 Å². The summed E-state index contributed by atoms with van der Waals surface area (Å²) in [5.41, 5.74) is 2.85. The third-order valence-electron chi connectivity index (χ3n) is 7.27. The molecule has 0 saturated heterocycles. The molecule has 43 heavy (non-hydrogen) atoms. The molecule has 0 radical (unpaired) electrons. The standard InChI is InChI=1S/C35H34FN3O3S/c1-35(2,25-36)34(40)37-28-19-21-29(22-20-28)38-43(41,42)33-18-10-15-30-31(33)16-9-17-32(30)39(23-26-11-5-3-6-12-26)24-27-13-7-4-8-14-27/h3-22,38H,23-25H2,1-2H3,(H,37,40). The van der Waals surface area contributed by atoms with Gasteiger partial charge in [0.2, 0.25) is 5.91 Å². The van der Waals surface area contributed by atoms with Gasteiger partial charge in [0, 0.05) is 40.9 Å². The first-order valence-electron chi connectivity index (χ1n) is 14.0. The van der Waals surface area contributed by atoms with Crippen molar-refractivity contribution in [3.05, 3.63) is 132 Å². The lowest BCUT2D eigenvalue weighted by atomic mass is 9.94. The van der Waals surface area contributed by atoms with E-state index in [1.165, 1.54) is 13.8 Å². The van der Waals surface area contributed by atoms with Crippen LogP contribution in [0.2, 0.25) is 0 Å². The number of rotatable bonds is 11. The number of hydrogen-bond acceptors (Lipinski definition) is 4. The van der Waals surface area contributed by atoms with Gasteiger partial charge in [-0.15, -0.1) is 0 Å². The summed E-state index contributed by atoms with van der Waals surface area (Å²) >= 11 is 0. The van der Waals surface area contributed by atoms with E-state index < -0.39 is 28.0 Å². The summed E-state index contributed by atoms with van der Waals surface area (Å²) in [6, 6.07) is 37.7. The van der Waals surface area contributed by atoms with Crippen LogP contribution in [0.5, 0.6) is 0 Å². The largest absolute Gasteiger partial charge is 0.362 e. The molecule has 220 valence electrons. The average molecular weight is 596 g/mol. The number of carbonyl (C=O) groups is 1. The van der Waals surface area contributed by atoms with Crippen LogP contribution in [0.15, 0.2) is 126 Å². The van der Waals surface area contributed by atoms with Crippen LogP contribution in [0.25, 0.3) is 10.8 Å². The molecule has 1 amide bonds. The third kappa shape index (κ3) is 7.04. The molecule has 0 saturated carbocycles. The molecule has 0 fully saturated rings. The van der Waals surface area contributed by atoms with E-state index in [1.54, 1.807) is 36.4 Å². The molecular formula is C35H34FN3O3S. The van der Waals surface area contributed by atoms with Crippen molar-refractivity contribution in [3.8, 4) is 0 Å². The molecule has 0 heterocycles. The molecule has 0 aliphatic rings. The summed E-state index contributed by atoms with van der Waals surface area (Å²) in [5, 5.41) is 4.10. The molecule has 0 aromatic heterocycles. The number of sulfonamides is 1. The Morgan fingerprint density at radius 1 is 0.698 bits per heavy atom. The molecule has 8 heteroatoms. The highest BCUT2D eigenvalue weighted by molar-refractivity contribution is 7.93. The van der Waals surface area contributed by atoms with Crippen LogP contribution >= 0.6 is 0 Å². The number of amides is 1. The number of anilines is 3. The predicted molar refractivity (Wildman–Crippen MR) is 172 cm³/mol. The highest BCUT2D eigenvalue weighted by atomic mass is 32.2. The van der Waals surface area contributed by atoms with Gasteiger partial charge < -0.3 is 10.2 Å². The van der Waals surface area contributed by atoms with Crippen LogP contribution < -0.4 is 14.9 Å².